The van der Waals surface area contributed by atoms with E-state index >= 15 is 0 Å². The van der Waals surface area contributed by atoms with Gasteiger partial charge in [-0.05, 0) is 0 Å². The summed E-state index contributed by atoms with van der Waals surface area (Å²) >= 11 is -1.29. The van der Waals surface area contributed by atoms with E-state index in [1.54, 1.807) is 4.90 Å². The van der Waals surface area contributed by atoms with Crippen LogP contribution in [0.25, 0.3) is 22.3 Å². The molecule has 0 aliphatic carbocycles. The van der Waals surface area contributed by atoms with Crippen LogP contribution < -0.4 is 24.5 Å². The third-order valence-corrected chi connectivity index (χ3v) is 13.5. The van der Waals surface area contributed by atoms with E-state index in [1.165, 1.54) is 0 Å². The molecule has 0 fully saturated rings. The number of hydrogen-bond donors (Lipinski definition) is 0. The van der Waals surface area contributed by atoms with Crippen molar-refractivity contribution in [2.75, 3.05) is 31.5 Å². The fraction of sp³-hybridized carbons (Fsp3) is 0.0196. The third kappa shape index (κ3) is 5.49. The third-order valence-electron chi connectivity index (χ3n) is 10.5. The zero-order valence-corrected chi connectivity index (χ0v) is 32.8. The minimum absolute atomic E-state index is 0.639. The van der Waals surface area contributed by atoms with Crippen LogP contribution in [0.3, 0.4) is 0 Å². The second kappa shape index (κ2) is 13.7. The van der Waals surface area contributed by atoms with Gasteiger partial charge in [0.15, 0.2) is 0 Å². The fourth-order valence-electron chi connectivity index (χ4n) is 7.98. The van der Waals surface area contributed by atoms with Crippen molar-refractivity contribution in [1.29, 1.82) is 0 Å². The van der Waals surface area contributed by atoms with Crippen molar-refractivity contribution in [3.05, 3.63) is 206 Å². The average molecular weight is 916 g/mol. The zero-order chi connectivity index (χ0) is 40.4. The van der Waals surface area contributed by atoms with Crippen LogP contribution in [0.2, 0.25) is 0 Å². The molecule has 0 saturated carbocycles. The number of para-hydroxylation sites is 6. The van der Waals surface area contributed by atoms with Crippen LogP contribution in [-0.2, 0) is 17.6 Å². The van der Waals surface area contributed by atoms with E-state index in [2.05, 4.69) is 165 Å². The van der Waals surface area contributed by atoms with Crippen molar-refractivity contribution in [2.24, 2.45) is 0 Å². The van der Waals surface area contributed by atoms with Crippen LogP contribution in [-0.4, -0.2) is 15.3 Å². The molecule has 5 nitrogen and oxygen atoms in total. The molecule has 4 bridgehead atoms. The summed E-state index contributed by atoms with van der Waals surface area (Å²) in [5.41, 5.74) is 12.9. The molecule has 57 heavy (non-hydrogen) atoms. The molecule has 11 rings (SSSR count). The Morgan fingerprint density at radius 3 is 1.35 bits per heavy atom. The number of nitrogens with zero attached hydrogens (tertiary/aromatic N) is 5. The molecule has 8 aromatic rings. The molecule has 0 spiro atoms. The molecule has 8 aromatic carbocycles. The fourth-order valence-corrected chi connectivity index (χ4v) is 11.4. The van der Waals surface area contributed by atoms with Gasteiger partial charge in [-0.1, -0.05) is 0 Å². The summed E-state index contributed by atoms with van der Waals surface area (Å²) in [5, 5.41) is 0. The Morgan fingerprint density at radius 2 is 0.807 bits per heavy atom. The van der Waals surface area contributed by atoms with Crippen LogP contribution >= 0.6 is 0 Å². The molecule has 0 saturated heterocycles. The van der Waals surface area contributed by atoms with E-state index in [4.69, 9.17) is 4.11 Å². The topological polar surface area (TPSA) is 16.2 Å². The molecule has 276 valence electrons. The SMILES string of the molecule is [2H]C([2H])([2H])N1[C]2=[Pt]=[C]3N(c4[c-]c(ccc4)N(c4c(-c5ccccc5)cccc4-c4ccccc4)c4[c-]c(ccc4)N2c2ccccc21)c1ccccc1N3c1ccccc1. The predicted octanol–water partition coefficient (Wildman–Crippen LogP) is 12.2. The number of benzene rings is 8. The van der Waals surface area contributed by atoms with Gasteiger partial charge in [0.2, 0.25) is 0 Å². The molecule has 0 N–H and O–H groups in total. The Bertz CT molecular complexity index is 2950. The molecule has 3 aliphatic rings. The number of fused-ring (bicyclic) bond motifs is 12. The van der Waals surface area contributed by atoms with E-state index in [0.717, 1.165) is 77.6 Å². The molecule has 0 radical (unpaired) electrons. The summed E-state index contributed by atoms with van der Waals surface area (Å²) < 4.78 is 28.8. The summed E-state index contributed by atoms with van der Waals surface area (Å²) in [5.74, 6) is 0. The summed E-state index contributed by atoms with van der Waals surface area (Å²) in [6, 6.07) is 74.4. The van der Waals surface area contributed by atoms with Crippen LogP contribution in [0, 0.1) is 12.1 Å². The normalized spacial score (nSPS) is 15.2. The Labute approximate surface area is 345 Å². The van der Waals surface area contributed by atoms with Crippen molar-refractivity contribution in [2.45, 2.75) is 0 Å². The molecule has 0 aromatic heterocycles. The van der Waals surface area contributed by atoms with Gasteiger partial charge >= 0.3 is 347 Å². The van der Waals surface area contributed by atoms with E-state index in [9.17, 15) is 0 Å². The summed E-state index contributed by atoms with van der Waals surface area (Å²) in [7, 11) is 0. The molecular formula is C51H35N5Pt-2. The zero-order valence-electron chi connectivity index (χ0n) is 33.5. The van der Waals surface area contributed by atoms with Crippen molar-refractivity contribution in [1.82, 2.24) is 0 Å². The van der Waals surface area contributed by atoms with Gasteiger partial charge in [0.1, 0.15) is 0 Å². The van der Waals surface area contributed by atoms with Crippen LogP contribution in [0.1, 0.15) is 4.11 Å². The first kappa shape index (κ1) is 30.4. The van der Waals surface area contributed by atoms with E-state index in [-0.39, 0.29) is 0 Å². The van der Waals surface area contributed by atoms with Gasteiger partial charge in [0, 0.05) is 0 Å². The Kier molecular flexibility index (Phi) is 7.33. The standard InChI is InChI=1S/C51H35N5.Pt/c1-52-36-53(48-31-12-11-30-47(48)52)41-24-15-26-43(34-41)56(51-45(38-18-5-2-6-19-38)28-17-29-46(51)39-20-7-3-8-21-39)44-27-16-25-42(35-44)55-37-54(40-22-9-4-10-23-40)49-32-13-14-33-50(49)55;/h2-33H,1H3;/q-2;/i1D3;. The van der Waals surface area contributed by atoms with Gasteiger partial charge < -0.3 is 0 Å². The molecule has 0 unspecified atom stereocenters. The second-order valence-electron chi connectivity index (χ2n) is 13.8. The molecule has 0 atom stereocenters. The van der Waals surface area contributed by atoms with Gasteiger partial charge in [0.05, 0.1) is 0 Å². The van der Waals surface area contributed by atoms with Crippen molar-refractivity contribution in [3.8, 4) is 22.3 Å². The van der Waals surface area contributed by atoms with E-state index in [0.29, 0.717) is 9.83 Å². The van der Waals surface area contributed by atoms with Crippen molar-refractivity contribution < 1.29 is 21.8 Å². The summed E-state index contributed by atoms with van der Waals surface area (Å²) in [4.78, 5) is 10.6. The molecule has 3 aliphatic heterocycles. The van der Waals surface area contributed by atoms with E-state index in [1.807, 2.05) is 60.7 Å². The average Bonchev–Trinajstić information content (AvgIpc) is 3.80. The number of rotatable bonds is 4. The predicted molar refractivity (Wildman–Crippen MR) is 234 cm³/mol. The Balaban J connectivity index is 1.28. The first-order valence-corrected chi connectivity index (χ1v) is 21.1. The monoisotopic (exact) mass is 915 g/mol. The first-order valence-electron chi connectivity index (χ1n) is 20.3. The van der Waals surface area contributed by atoms with Gasteiger partial charge in [0.25, 0.3) is 0 Å². The quantitative estimate of drug-likeness (QED) is 0.163. The number of hydrogen-bond acceptors (Lipinski definition) is 5. The maximum atomic E-state index is 9.05. The number of anilines is 10. The van der Waals surface area contributed by atoms with Crippen LogP contribution in [0.4, 0.5) is 56.9 Å². The van der Waals surface area contributed by atoms with Crippen LogP contribution in [0.5, 0.6) is 0 Å². The second-order valence-corrected chi connectivity index (χ2v) is 16.4. The first-order chi connectivity index (χ1) is 29.4. The molecular weight excluding hydrogens is 878 g/mol. The van der Waals surface area contributed by atoms with Crippen molar-refractivity contribution >= 4 is 65.2 Å². The van der Waals surface area contributed by atoms with Gasteiger partial charge in [-0.25, -0.2) is 0 Å². The molecule has 3 heterocycles. The van der Waals surface area contributed by atoms with Crippen molar-refractivity contribution in [3.63, 3.8) is 0 Å². The van der Waals surface area contributed by atoms with Gasteiger partial charge in [-0.15, -0.1) is 0 Å². The Morgan fingerprint density at radius 1 is 0.386 bits per heavy atom. The van der Waals surface area contributed by atoms with Crippen LogP contribution in [0.15, 0.2) is 194 Å². The van der Waals surface area contributed by atoms with Gasteiger partial charge in [-0.3, -0.25) is 0 Å². The minimum atomic E-state index is -2.47. The summed E-state index contributed by atoms with van der Waals surface area (Å²) in [6.45, 7) is -2.47. The molecule has 6 heteroatoms. The van der Waals surface area contributed by atoms with E-state index < -0.39 is 24.6 Å². The Hall–Kier alpha value is -6.81. The summed E-state index contributed by atoms with van der Waals surface area (Å²) in [6.07, 6.45) is 0. The maximum absolute atomic E-state index is 9.05. The van der Waals surface area contributed by atoms with Gasteiger partial charge in [-0.2, -0.15) is 0 Å². The molecule has 0 amide bonds.